The summed E-state index contributed by atoms with van der Waals surface area (Å²) in [6.07, 6.45) is -1.74. The Bertz CT molecular complexity index is 1510. The molecule has 1 fully saturated rings. The highest BCUT2D eigenvalue weighted by atomic mass is 35.5. The molecule has 1 aliphatic heterocycles. The molecule has 0 aliphatic carbocycles. The molecule has 8 nitrogen and oxygen atoms in total. The zero-order valence-corrected chi connectivity index (χ0v) is 22.6. The lowest BCUT2D eigenvalue weighted by molar-refractivity contribution is -0.143. The first-order valence-corrected chi connectivity index (χ1v) is 12.8. The lowest BCUT2D eigenvalue weighted by Crippen LogP contribution is -2.38. The molecule has 5 rings (SSSR count). The molecule has 0 amide bonds. The summed E-state index contributed by atoms with van der Waals surface area (Å²) in [6.45, 7) is 0.375. The fourth-order valence-corrected chi connectivity index (χ4v) is 4.95. The van der Waals surface area contributed by atoms with Crippen LogP contribution in [0.1, 0.15) is 23.1 Å². The number of hydrogen-bond donors (Lipinski definition) is 0. The number of rotatable bonds is 6. The summed E-state index contributed by atoms with van der Waals surface area (Å²) in [6, 6.07) is 1.10. The Hall–Kier alpha value is -3.65. The van der Waals surface area contributed by atoms with Crippen LogP contribution in [0.5, 0.6) is 0 Å². The number of hydrogen-bond acceptors (Lipinski definition) is 7. The topological polar surface area (TPSA) is 75.9 Å². The van der Waals surface area contributed by atoms with E-state index in [1.165, 1.54) is 18.6 Å². The maximum atomic E-state index is 13.6. The Kier molecular flexibility index (Phi) is 7.72. The monoisotopic (exact) mass is 616 g/mol. The fourth-order valence-electron chi connectivity index (χ4n) is 4.61. The van der Waals surface area contributed by atoms with Crippen molar-refractivity contribution >= 4 is 35.0 Å². The van der Waals surface area contributed by atoms with Gasteiger partial charge in [0.1, 0.15) is 5.02 Å². The molecule has 4 aromatic rings. The first-order chi connectivity index (χ1) is 19.3. The smallest absolute Gasteiger partial charge is 0.353 e. The van der Waals surface area contributed by atoms with Gasteiger partial charge in [0.05, 0.1) is 29.6 Å². The van der Waals surface area contributed by atoms with Gasteiger partial charge in [0, 0.05) is 56.4 Å². The molecule has 1 unspecified atom stereocenters. The van der Waals surface area contributed by atoms with Crippen molar-refractivity contribution in [3.05, 3.63) is 76.2 Å². The lowest BCUT2D eigenvalue weighted by atomic mass is 10.0. The van der Waals surface area contributed by atoms with Gasteiger partial charge in [0.25, 0.3) is 0 Å². The van der Waals surface area contributed by atoms with E-state index in [1.807, 2.05) is 4.90 Å². The highest BCUT2D eigenvalue weighted by Gasteiger charge is 2.38. The largest absolute Gasteiger partial charge is 0.416 e. The Morgan fingerprint density at radius 2 is 1.56 bits per heavy atom. The number of alkyl halides is 6. The Morgan fingerprint density at radius 1 is 0.902 bits per heavy atom. The van der Waals surface area contributed by atoms with Gasteiger partial charge in [-0.3, -0.25) is 4.68 Å². The molecule has 0 spiro atoms. The van der Waals surface area contributed by atoms with Crippen LogP contribution in [-0.2, 0) is 25.9 Å². The van der Waals surface area contributed by atoms with E-state index in [2.05, 4.69) is 25.0 Å². The number of aromatic nitrogens is 6. The molecule has 0 radical (unpaired) electrons. The second kappa shape index (κ2) is 11.0. The minimum absolute atomic E-state index is 0.0253. The van der Waals surface area contributed by atoms with Gasteiger partial charge in [-0.25, -0.2) is 15.0 Å². The van der Waals surface area contributed by atoms with Gasteiger partial charge < -0.3 is 9.80 Å². The van der Waals surface area contributed by atoms with Gasteiger partial charge in [0.2, 0.25) is 11.2 Å². The third-order valence-electron chi connectivity index (χ3n) is 6.53. The predicted octanol–water partition coefficient (Wildman–Crippen LogP) is 6.30. The third-order valence-corrected chi connectivity index (χ3v) is 6.98. The van der Waals surface area contributed by atoms with Crippen molar-refractivity contribution in [2.75, 3.05) is 22.9 Å². The summed E-state index contributed by atoms with van der Waals surface area (Å²) in [5, 5.41) is 4.32. The second-order valence-corrected chi connectivity index (χ2v) is 10.2. The first-order valence-electron chi connectivity index (χ1n) is 12.1. The molecule has 1 atom stereocenters. The fraction of sp³-hybridized carbons (Fsp3) is 0.320. The summed E-state index contributed by atoms with van der Waals surface area (Å²) < 4.78 is 83.0. The molecule has 41 heavy (non-hydrogen) atoms. The van der Waals surface area contributed by atoms with Crippen LogP contribution in [0.15, 0.2) is 49.2 Å². The molecule has 1 saturated heterocycles. The normalized spacial score (nSPS) is 15.9. The zero-order chi connectivity index (χ0) is 29.5. The quantitative estimate of drug-likeness (QED) is 0.186. The minimum Gasteiger partial charge on any atom is -0.353 e. The zero-order valence-electron chi connectivity index (χ0n) is 21.1. The Balaban J connectivity index is 1.52. The molecule has 0 N–H and O–H groups in total. The molecule has 0 bridgehead atoms. The van der Waals surface area contributed by atoms with Gasteiger partial charge in [-0.05, 0) is 41.8 Å². The number of nitrogens with zero attached hydrogens (tertiary/aromatic N) is 8. The molecule has 4 heterocycles. The van der Waals surface area contributed by atoms with Crippen LogP contribution in [0.3, 0.4) is 0 Å². The maximum absolute atomic E-state index is 13.6. The summed E-state index contributed by atoms with van der Waals surface area (Å²) in [5.74, 6) is 0.489. The predicted molar refractivity (Wildman–Crippen MR) is 140 cm³/mol. The van der Waals surface area contributed by atoms with Crippen molar-refractivity contribution in [3.8, 4) is 11.1 Å². The van der Waals surface area contributed by atoms with E-state index < -0.39 is 29.5 Å². The van der Waals surface area contributed by atoms with Crippen molar-refractivity contribution in [3.63, 3.8) is 0 Å². The molecule has 0 saturated carbocycles. The van der Waals surface area contributed by atoms with Crippen molar-refractivity contribution in [1.29, 1.82) is 0 Å². The van der Waals surface area contributed by atoms with Gasteiger partial charge in [-0.15, -0.1) is 0 Å². The number of anilines is 2. The molecule has 1 aromatic carbocycles. The van der Waals surface area contributed by atoms with Crippen LogP contribution in [-0.4, -0.2) is 48.8 Å². The van der Waals surface area contributed by atoms with E-state index >= 15 is 0 Å². The summed E-state index contributed by atoms with van der Waals surface area (Å²) >= 11 is 12.2. The second-order valence-electron chi connectivity index (χ2n) is 9.42. The Labute approximate surface area is 239 Å². The van der Waals surface area contributed by atoms with Crippen molar-refractivity contribution in [2.24, 2.45) is 7.05 Å². The van der Waals surface area contributed by atoms with Gasteiger partial charge in [-0.1, -0.05) is 11.6 Å². The summed E-state index contributed by atoms with van der Waals surface area (Å²) in [7, 11) is 1.74. The molecule has 216 valence electrons. The summed E-state index contributed by atoms with van der Waals surface area (Å²) in [5.41, 5.74) is -1.62. The summed E-state index contributed by atoms with van der Waals surface area (Å²) in [4.78, 5) is 20.2. The van der Waals surface area contributed by atoms with Crippen molar-refractivity contribution in [1.82, 2.24) is 29.7 Å². The SMILES string of the molecule is Cn1cc(-c2cnc(N(Cc3cc(C(F)(F)F)cc(C(F)(F)F)c3)C3CCN(c4nc(Cl)ncc4Cl)C3)nc2)cn1. The molecule has 16 heteroatoms. The number of aryl methyl sites for hydroxylation is 1. The molecular weight excluding hydrogens is 597 g/mol. The molecule has 1 aliphatic rings. The number of benzene rings is 1. The van der Waals surface area contributed by atoms with E-state index in [0.717, 1.165) is 5.56 Å². The van der Waals surface area contributed by atoms with E-state index in [-0.39, 0.29) is 41.0 Å². The van der Waals surface area contributed by atoms with Crippen LogP contribution in [0.4, 0.5) is 38.1 Å². The molecule has 3 aromatic heterocycles. The standard InChI is InChI=1S/C25H20Cl2F6N8/c1-39-12-16(9-37-39)15-7-35-23(36-8-15)41(19-2-3-40(13-19)21-20(26)10-34-22(27)38-21)11-14-4-17(24(28,29)30)6-18(5-14)25(31,32)33/h4-10,12,19H,2-3,11,13H2,1H3. The average molecular weight is 617 g/mol. The van der Waals surface area contributed by atoms with E-state index in [0.29, 0.717) is 36.5 Å². The van der Waals surface area contributed by atoms with Crippen LogP contribution in [0.25, 0.3) is 11.1 Å². The van der Waals surface area contributed by atoms with E-state index in [4.69, 9.17) is 23.2 Å². The minimum atomic E-state index is -4.98. The van der Waals surface area contributed by atoms with Crippen LogP contribution in [0.2, 0.25) is 10.3 Å². The highest BCUT2D eigenvalue weighted by molar-refractivity contribution is 6.33. The van der Waals surface area contributed by atoms with Gasteiger partial charge in [-0.2, -0.15) is 36.4 Å². The van der Waals surface area contributed by atoms with Crippen LogP contribution < -0.4 is 9.80 Å². The Morgan fingerprint density at radius 3 is 2.15 bits per heavy atom. The average Bonchev–Trinajstić information content (AvgIpc) is 3.57. The molecular formula is C25H20Cl2F6N8. The van der Waals surface area contributed by atoms with Gasteiger partial charge >= 0.3 is 12.4 Å². The van der Waals surface area contributed by atoms with Crippen LogP contribution >= 0.6 is 23.2 Å². The third kappa shape index (κ3) is 6.48. The van der Waals surface area contributed by atoms with E-state index in [9.17, 15) is 26.3 Å². The maximum Gasteiger partial charge on any atom is 0.416 e. The number of halogens is 8. The van der Waals surface area contributed by atoms with Gasteiger partial charge in [0.15, 0.2) is 5.82 Å². The van der Waals surface area contributed by atoms with Crippen molar-refractivity contribution in [2.45, 2.75) is 31.4 Å². The lowest BCUT2D eigenvalue weighted by Gasteiger charge is -2.30. The first kappa shape index (κ1) is 28.9. The van der Waals surface area contributed by atoms with Crippen LogP contribution in [0, 0.1) is 0 Å². The van der Waals surface area contributed by atoms with Crippen molar-refractivity contribution < 1.29 is 26.3 Å². The highest BCUT2D eigenvalue weighted by Crippen LogP contribution is 2.37. The van der Waals surface area contributed by atoms with E-state index in [1.54, 1.807) is 29.0 Å².